The zero-order valence-corrected chi connectivity index (χ0v) is 15.2. The predicted octanol–water partition coefficient (Wildman–Crippen LogP) is 3.77. The lowest BCUT2D eigenvalue weighted by molar-refractivity contribution is 0.0698. The monoisotopic (exact) mass is 363 g/mol. The van der Waals surface area contributed by atoms with E-state index in [1.54, 1.807) is 31.4 Å². The maximum atomic E-state index is 12.8. The van der Waals surface area contributed by atoms with E-state index in [4.69, 9.17) is 9.15 Å². The van der Waals surface area contributed by atoms with Crippen molar-refractivity contribution in [3.05, 3.63) is 66.1 Å². The normalized spacial score (nSPS) is 16.9. The Labute approximate surface area is 157 Å². The molecule has 1 saturated heterocycles. The smallest absolute Gasteiger partial charge is 0.253 e. The third-order valence-electron chi connectivity index (χ3n) is 4.86. The Morgan fingerprint density at radius 1 is 1.11 bits per heavy atom. The molecule has 4 rings (SSSR count). The third kappa shape index (κ3) is 3.69. The van der Waals surface area contributed by atoms with Gasteiger partial charge in [-0.1, -0.05) is 18.2 Å². The van der Waals surface area contributed by atoms with Gasteiger partial charge < -0.3 is 14.1 Å². The lowest BCUT2D eigenvalue weighted by Crippen LogP contribution is -2.39. The molecule has 0 saturated carbocycles. The lowest BCUT2D eigenvalue weighted by Gasteiger charge is -2.31. The van der Waals surface area contributed by atoms with Gasteiger partial charge in [0, 0.05) is 24.2 Å². The molecule has 6 heteroatoms. The predicted molar refractivity (Wildman–Crippen MR) is 101 cm³/mol. The van der Waals surface area contributed by atoms with E-state index in [1.807, 2.05) is 35.2 Å². The standard InChI is InChI=1S/C21H21N3O3/c1-26-18-11-9-16(10-12-18)21(25)24-13-5-8-17(14-24)20-23-22-19(27-20)15-6-3-2-4-7-15/h2-4,6-7,9-12,17H,5,8,13-14H2,1H3/t17-/m0/s1. The fraction of sp³-hybridized carbons (Fsp3) is 0.286. The SMILES string of the molecule is COc1ccc(C(=O)N2CCC[C@H](c3nnc(-c4ccccc4)o3)C2)cc1. The van der Waals surface area contributed by atoms with E-state index in [2.05, 4.69) is 10.2 Å². The van der Waals surface area contributed by atoms with Gasteiger partial charge >= 0.3 is 0 Å². The van der Waals surface area contributed by atoms with Gasteiger partial charge in [0.15, 0.2) is 0 Å². The highest BCUT2D eigenvalue weighted by Gasteiger charge is 2.29. The summed E-state index contributed by atoms with van der Waals surface area (Å²) >= 11 is 0. The van der Waals surface area contributed by atoms with Gasteiger partial charge in [0.2, 0.25) is 11.8 Å². The first kappa shape index (κ1) is 17.3. The van der Waals surface area contributed by atoms with Crippen LogP contribution in [-0.2, 0) is 0 Å². The maximum Gasteiger partial charge on any atom is 0.253 e. The van der Waals surface area contributed by atoms with Crippen LogP contribution in [0.25, 0.3) is 11.5 Å². The summed E-state index contributed by atoms with van der Waals surface area (Å²) in [5.41, 5.74) is 1.56. The molecule has 0 radical (unpaired) electrons. The van der Waals surface area contributed by atoms with Crippen LogP contribution in [0.4, 0.5) is 0 Å². The summed E-state index contributed by atoms with van der Waals surface area (Å²) in [6.45, 7) is 1.32. The summed E-state index contributed by atoms with van der Waals surface area (Å²) in [6.07, 6.45) is 1.85. The van der Waals surface area contributed by atoms with Crippen molar-refractivity contribution in [2.24, 2.45) is 0 Å². The summed E-state index contributed by atoms with van der Waals surface area (Å²) in [4.78, 5) is 14.7. The van der Waals surface area contributed by atoms with E-state index in [0.29, 0.717) is 23.9 Å². The maximum absolute atomic E-state index is 12.8. The second-order valence-corrected chi connectivity index (χ2v) is 6.63. The molecule has 2 heterocycles. The Bertz CT molecular complexity index is 906. The van der Waals surface area contributed by atoms with Crippen LogP contribution in [0.2, 0.25) is 0 Å². The highest BCUT2D eigenvalue weighted by atomic mass is 16.5. The number of carbonyl (C=O) groups excluding carboxylic acids is 1. The largest absolute Gasteiger partial charge is 0.497 e. The van der Waals surface area contributed by atoms with E-state index in [0.717, 1.165) is 30.7 Å². The molecule has 0 N–H and O–H groups in total. The zero-order chi connectivity index (χ0) is 18.6. The average molecular weight is 363 g/mol. The molecule has 1 fully saturated rings. The van der Waals surface area contributed by atoms with E-state index in [1.165, 1.54) is 0 Å². The van der Waals surface area contributed by atoms with Crippen LogP contribution in [0.5, 0.6) is 5.75 Å². The summed E-state index contributed by atoms with van der Waals surface area (Å²) < 4.78 is 11.1. The Morgan fingerprint density at radius 3 is 2.63 bits per heavy atom. The van der Waals surface area contributed by atoms with Crippen molar-refractivity contribution in [1.29, 1.82) is 0 Å². The number of carbonyl (C=O) groups is 1. The highest BCUT2D eigenvalue weighted by Crippen LogP contribution is 2.29. The second kappa shape index (κ2) is 7.61. The molecule has 0 aliphatic carbocycles. The average Bonchev–Trinajstić information content (AvgIpc) is 3.24. The van der Waals surface area contributed by atoms with Crippen LogP contribution < -0.4 is 4.74 Å². The molecule has 1 aliphatic rings. The van der Waals surface area contributed by atoms with Crippen molar-refractivity contribution in [3.8, 4) is 17.2 Å². The molecule has 1 aliphatic heterocycles. The van der Waals surface area contributed by atoms with E-state index < -0.39 is 0 Å². The number of nitrogens with zero attached hydrogens (tertiary/aromatic N) is 3. The first-order valence-electron chi connectivity index (χ1n) is 9.07. The van der Waals surface area contributed by atoms with Crippen LogP contribution in [0.1, 0.15) is 35.0 Å². The Balaban J connectivity index is 1.48. The van der Waals surface area contributed by atoms with Gasteiger partial charge in [-0.3, -0.25) is 4.79 Å². The van der Waals surface area contributed by atoms with Crippen molar-refractivity contribution >= 4 is 5.91 Å². The molecule has 0 unspecified atom stereocenters. The molecule has 1 amide bonds. The summed E-state index contributed by atoms with van der Waals surface area (Å²) in [7, 11) is 1.61. The Kier molecular flexibility index (Phi) is 4.87. The molecular weight excluding hydrogens is 342 g/mol. The number of ether oxygens (including phenoxy) is 1. The van der Waals surface area contributed by atoms with Gasteiger partial charge in [-0.25, -0.2) is 0 Å². The number of benzene rings is 2. The molecule has 27 heavy (non-hydrogen) atoms. The van der Waals surface area contributed by atoms with E-state index >= 15 is 0 Å². The molecule has 1 atom stereocenters. The third-order valence-corrected chi connectivity index (χ3v) is 4.86. The zero-order valence-electron chi connectivity index (χ0n) is 15.2. The van der Waals surface area contributed by atoms with Gasteiger partial charge in [0.25, 0.3) is 5.91 Å². The van der Waals surface area contributed by atoms with Gasteiger partial charge in [0.1, 0.15) is 5.75 Å². The molecule has 2 aromatic carbocycles. The fourth-order valence-corrected chi connectivity index (χ4v) is 3.38. The van der Waals surface area contributed by atoms with Gasteiger partial charge in [-0.2, -0.15) is 0 Å². The number of hydrogen-bond acceptors (Lipinski definition) is 5. The van der Waals surface area contributed by atoms with Crippen molar-refractivity contribution < 1.29 is 13.9 Å². The van der Waals surface area contributed by atoms with Crippen LogP contribution >= 0.6 is 0 Å². The van der Waals surface area contributed by atoms with Crippen LogP contribution in [0.15, 0.2) is 59.0 Å². The first-order valence-corrected chi connectivity index (χ1v) is 9.07. The minimum atomic E-state index is 0.0187. The molecule has 3 aromatic rings. The highest BCUT2D eigenvalue weighted by molar-refractivity contribution is 5.94. The molecule has 1 aromatic heterocycles. The first-order chi connectivity index (χ1) is 13.2. The van der Waals surface area contributed by atoms with Crippen molar-refractivity contribution in [2.45, 2.75) is 18.8 Å². The van der Waals surface area contributed by atoms with Crippen molar-refractivity contribution in [3.63, 3.8) is 0 Å². The minimum Gasteiger partial charge on any atom is -0.497 e. The second-order valence-electron chi connectivity index (χ2n) is 6.63. The molecule has 6 nitrogen and oxygen atoms in total. The van der Waals surface area contributed by atoms with Crippen LogP contribution in [0.3, 0.4) is 0 Å². The number of rotatable bonds is 4. The Morgan fingerprint density at radius 2 is 1.89 bits per heavy atom. The molecule has 0 spiro atoms. The summed E-state index contributed by atoms with van der Waals surface area (Å²) in [5, 5.41) is 8.41. The quantitative estimate of drug-likeness (QED) is 0.706. The number of piperidine rings is 1. The van der Waals surface area contributed by atoms with Crippen LogP contribution in [0, 0.1) is 0 Å². The van der Waals surface area contributed by atoms with Crippen molar-refractivity contribution in [1.82, 2.24) is 15.1 Å². The lowest BCUT2D eigenvalue weighted by atomic mass is 9.97. The number of methoxy groups -OCH3 is 1. The van der Waals surface area contributed by atoms with Gasteiger partial charge in [-0.15, -0.1) is 10.2 Å². The number of hydrogen-bond donors (Lipinski definition) is 0. The minimum absolute atomic E-state index is 0.0187. The summed E-state index contributed by atoms with van der Waals surface area (Å²) in [5.74, 6) is 1.93. The number of amides is 1. The van der Waals surface area contributed by atoms with Gasteiger partial charge in [-0.05, 0) is 49.2 Å². The molecule has 0 bridgehead atoms. The van der Waals surface area contributed by atoms with Crippen molar-refractivity contribution in [2.75, 3.05) is 20.2 Å². The molecule has 138 valence electrons. The molecular formula is C21H21N3O3. The van der Waals surface area contributed by atoms with Crippen LogP contribution in [-0.4, -0.2) is 41.2 Å². The summed E-state index contributed by atoms with van der Waals surface area (Å²) in [6, 6.07) is 16.9. The van der Waals surface area contributed by atoms with E-state index in [9.17, 15) is 4.79 Å². The number of likely N-dealkylation sites (tertiary alicyclic amines) is 1. The van der Waals surface area contributed by atoms with E-state index in [-0.39, 0.29) is 11.8 Å². The fourth-order valence-electron chi connectivity index (χ4n) is 3.38. The number of aromatic nitrogens is 2. The van der Waals surface area contributed by atoms with Gasteiger partial charge in [0.05, 0.1) is 13.0 Å². The Hall–Kier alpha value is -3.15. The topological polar surface area (TPSA) is 68.5 Å².